The van der Waals surface area contributed by atoms with Crippen LogP contribution < -0.4 is 15.6 Å². The maximum Gasteiger partial charge on any atom is 0.573 e. The van der Waals surface area contributed by atoms with Crippen LogP contribution in [0.3, 0.4) is 0 Å². The second-order valence-corrected chi connectivity index (χ2v) is 5.01. The third-order valence-electron chi connectivity index (χ3n) is 3.05. The normalized spacial score (nSPS) is 12.4. The van der Waals surface area contributed by atoms with E-state index in [1.807, 2.05) is 9.97 Å². The van der Waals surface area contributed by atoms with E-state index in [0.717, 1.165) is 12.1 Å². The average molecular weight is 397 g/mol. The molecule has 2 heterocycles. The molecule has 144 valence electrons. The highest BCUT2D eigenvalue weighted by atomic mass is 19.4. The van der Waals surface area contributed by atoms with Crippen molar-refractivity contribution in [2.45, 2.75) is 12.5 Å². The van der Waals surface area contributed by atoms with E-state index in [0.29, 0.717) is 6.07 Å². The zero-order chi connectivity index (χ0) is 20.0. The molecule has 2 aromatic heterocycles. The van der Waals surface area contributed by atoms with Gasteiger partial charge in [-0.2, -0.15) is 13.2 Å². The van der Waals surface area contributed by atoms with E-state index >= 15 is 0 Å². The molecule has 0 aliphatic rings. The van der Waals surface area contributed by atoms with Gasteiger partial charge in [-0.1, -0.05) is 0 Å². The molecule has 0 spiro atoms. The van der Waals surface area contributed by atoms with Crippen molar-refractivity contribution >= 4 is 22.8 Å². The van der Waals surface area contributed by atoms with Crippen molar-refractivity contribution in [2.75, 3.05) is 5.32 Å². The number of aromatic nitrogens is 4. The van der Waals surface area contributed by atoms with Crippen molar-refractivity contribution in [1.82, 2.24) is 19.9 Å². The van der Waals surface area contributed by atoms with Gasteiger partial charge >= 0.3 is 12.5 Å². The topological polar surface area (TPSA) is 95.7 Å². The molecule has 0 atom stereocenters. The molecule has 0 bridgehead atoms. The summed E-state index contributed by atoms with van der Waals surface area (Å²) in [7, 11) is 0. The summed E-state index contributed by atoms with van der Waals surface area (Å²) in [5.41, 5.74) is -2.41. The van der Waals surface area contributed by atoms with E-state index in [1.165, 1.54) is 0 Å². The van der Waals surface area contributed by atoms with Gasteiger partial charge in [-0.15, -0.1) is 13.2 Å². The quantitative estimate of drug-likeness (QED) is 0.589. The minimum atomic E-state index is -5.03. The van der Waals surface area contributed by atoms with E-state index in [-0.39, 0.29) is 0 Å². The Bertz CT molecular complexity index is 1050. The number of hydrogen-bond donors (Lipinski definition) is 3. The Labute approximate surface area is 143 Å². The largest absolute Gasteiger partial charge is 0.573 e. The first kappa shape index (κ1) is 18.5. The Kier molecular flexibility index (Phi) is 4.20. The number of rotatable bonds is 3. The third kappa shape index (κ3) is 4.09. The van der Waals surface area contributed by atoms with Crippen LogP contribution in [0.25, 0.3) is 11.3 Å². The Morgan fingerprint density at radius 3 is 2.26 bits per heavy atom. The van der Waals surface area contributed by atoms with Crippen molar-refractivity contribution in [3.8, 4) is 5.75 Å². The second-order valence-electron chi connectivity index (χ2n) is 5.01. The predicted octanol–water partition coefficient (Wildman–Crippen LogP) is 3.45. The summed E-state index contributed by atoms with van der Waals surface area (Å²) in [6.07, 6.45) is -9.84. The van der Waals surface area contributed by atoms with Crippen molar-refractivity contribution < 1.29 is 35.5 Å². The third-order valence-corrected chi connectivity index (χ3v) is 3.05. The van der Waals surface area contributed by atoms with Crippen LogP contribution >= 0.6 is 0 Å². The monoisotopic (exact) mass is 397 g/mol. The van der Waals surface area contributed by atoms with Gasteiger partial charge in [0.15, 0.2) is 17.1 Å². The molecule has 27 heavy (non-hydrogen) atoms. The van der Waals surface area contributed by atoms with Crippen molar-refractivity contribution in [3.05, 3.63) is 40.2 Å². The Morgan fingerprint density at radius 2 is 1.67 bits per heavy atom. The highest BCUT2D eigenvalue weighted by molar-refractivity contribution is 5.69. The van der Waals surface area contributed by atoms with Crippen LogP contribution in [-0.2, 0) is 6.18 Å². The highest BCUT2D eigenvalue weighted by Crippen LogP contribution is 2.29. The predicted molar refractivity (Wildman–Crippen MR) is 75.9 cm³/mol. The van der Waals surface area contributed by atoms with Crippen LogP contribution in [0.15, 0.2) is 23.0 Å². The van der Waals surface area contributed by atoms with Crippen molar-refractivity contribution in [2.24, 2.45) is 0 Å². The molecule has 0 fully saturated rings. The van der Waals surface area contributed by atoms with Gasteiger partial charge in [-0.3, -0.25) is 4.79 Å². The number of anilines is 2. The van der Waals surface area contributed by atoms with Crippen LogP contribution in [0, 0.1) is 5.82 Å². The summed E-state index contributed by atoms with van der Waals surface area (Å²) in [6.45, 7) is 0. The molecule has 0 saturated heterocycles. The first-order valence-corrected chi connectivity index (χ1v) is 6.82. The van der Waals surface area contributed by atoms with Gasteiger partial charge in [0.1, 0.15) is 11.6 Å². The second kappa shape index (κ2) is 6.14. The lowest BCUT2D eigenvalue weighted by Gasteiger charge is -2.11. The molecular formula is C13H6F7N5O2. The minimum absolute atomic E-state index is 0.403. The number of hydrogen-bond acceptors (Lipinski definition) is 5. The number of nitrogens with one attached hydrogen (secondary N) is 3. The maximum absolute atomic E-state index is 13.9. The number of fused-ring (bicyclic) bond motifs is 1. The molecule has 0 aliphatic heterocycles. The molecular weight excluding hydrogens is 391 g/mol. The number of aromatic amines is 2. The van der Waals surface area contributed by atoms with E-state index < -0.39 is 58.3 Å². The zero-order valence-corrected chi connectivity index (χ0v) is 12.6. The van der Waals surface area contributed by atoms with E-state index in [1.54, 1.807) is 0 Å². The van der Waals surface area contributed by atoms with Gasteiger partial charge in [0, 0.05) is 6.07 Å². The van der Waals surface area contributed by atoms with E-state index in [2.05, 4.69) is 20.0 Å². The molecule has 0 aliphatic carbocycles. The van der Waals surface area contributed by atoms with Crippen LogP contribution in [0.4, 0.5) is 42.2 Å². The molecule has 7 nitrogen and oxygen atoms in total. The lowest BCUT2D eigenvalue weighted by Crippen LogP contribution is -2.17. The molecule has 0 saturated carbocycles. The van der Waals surface area contributed by atoms with E-state index in [4.69, 9.17) is 0 Å². The number of ether oxygens (including phenoxy) is 1. The minimum Gasteiger partial charge on any atom is -0.406 e. The highest BCUT2D eigenvalue weighted by Gasteiger charge is 2.35. The summed E-state index contributed by atoms with van der Waals surface area (Å²) < 4.78 is 91.6. The molecule has 3 N–H and O–H groups in total. The van der Waals surface area contributed by atoms with Gasteiger partial charge in [0.25, 0.3) is 5.56 Å². The number of H-pyrrole nitrogens is 2. The van der Waals surface area contributed by atoms with Gasteiger partial charge < -0.3 is 20.0 Å². The number of alkyl halides is 6. The summed E-state index contributed by atoms with van der Waals surface area (Å²) in [4.78, 5) is 22.4. The average Bonchev–Trinajstić information content (AvgIpc) is 2.91. The summed E-state index contributed by atoms with van der Waals surface area (Å²) >= 11 is 0. The molecule has 1 aromatic carbocycles. The zero-order valence-electron chi connectivity index (χ0n) is 12.6. The summed E-state index contributed by atoms with van der Waals surface area (Å²) in [5.74, 6) is -4.08. The SMILES string of the molecule is O=c1[nH]c2nc(C(F)(F)F)[nH]c2nc1Nc1ccc(OC(F)(F)F)cc1F. The number of benzene rings is 1. The molecule has 14 heteroatoms. The Balaban J connectivity index is 1.92. The van der Waals surface area contributed by atoms with Crippen molar-refractivity contribution in [3.63, 3.8) is 0 Å². The molecule has 0 amide bonds. The number of nitrogens with zero attached hydrogens (tertiary/aromatic N) is 2. The van der Waals surface area contributed by atoms with Crippen LogP contribution in [0.2, 0.25) is 0 Å². The first-order chi connectivity index (χ1) is 12.4. The Morgan fingerprint density at radius 1 is 1.00 bits per heavy atom. The number of imidazole rings is 1. The summed E-state index contributed by atoms with van der Waals surface area (Å²) in [5, 5.41) is 2.17. The van der Waals surface area contributed by atoms with Gasteiger partial charge in [-0.25, -0.2) is 14.4 Å². The van der Waals surface area contributed by atoms with E-state index in [9.17, 15) is 35.5 Å². The van der Waals surface area contributed by atoms with Crippen molar-refractivity contribution in [1.29, 1.82) is 0 Å². The first-order valence-electron chi connectivity index (χ1n) is 6.82. The maximum atomic E-state index is 13.9. The lowest BCUT2D eigenvalue weighted by atomic mass is 10.3. The van der Waals surface area contributed by atoms with Crippen LogP contribution in [0.5, 0.6) is 5.75 Å². The van der Waals surface area contributed by atoms with Crippen LogP contribution in [-0.4, -0.2) is 26.3 Å². The fourth-order valence-corrected chi connectivity index (χ4v) is 2.00. The van der Waals surface area contributed by atoms with Gasteiger partial charge in [0.05, 0.1) is 5.69 Å². The molecule has 0 unspecified atom stereocenters. The fourth-order valence-electron chi connectivity index (χ4n) is 2.00. The molecule has 3 aromatic rings. The standard InChI is InChI=1S/C13H6F7N5O2/c14-5-3-4(27-13(18,19)20)1-2-6(5)21-9-10(26)23-8-7(22-9)24-11(25-8)12(15,16)17/h1-3H,(H3,21,22,23,24,25,26). The van der Waals surface area contributed by atoms with Crippen LogP contribution in [0.1, 0.15) is 5.82 Å². The fraction of sp³-hybridized carbons (Fsp3) is 0.154. The Hall–Kier alpha value is -3.32. The molecule has 0 radical (unpaired) electrons. The number of halogens is 7. The van der Waals surface area contributed by atoms with Gasteiger partial charge in [-0.05, 0) is 12.1 Å². The lowest BCUT2D eigenvalue weighted by molar-refractivity contribution is -0.274. The smallest absolute Gasteiger partial charge is 0.406 e. The molecule has 3 rings (SSSR count). The van der Waals surface area contributed by atoms with Gasteiger partial charge in [0.2, 0.25) is 5.82 Å². The summed E-state index contributed by atoms with van der Waals surface area (Å²) in [6, 6.07) is 2.00.